The molecule has 5 nitrogen and oxygen atoms in total. The van der Waals surface area contributed by atoms with Gasteiger partial charge in [-0.05, 0) is 36.6 Å². The molecule has 1 aliphatic heterocycles. The average molecular weight is 309 g/mol. The molecule has 1 aliphatic rings. The minimum absolute atomic E-state index is 0.157. The Bertz CT molecular complexity index is 743. The SMILES string of the molecule is NC(=O)c1ccccc1NC(=O)CN1CCCc2ccccc21. The summed E-state index contributed by atoms with van der Waals surface area (Å²) in [6, 6.07) is 14.9. The summed E-state index contributed by atoms with van der Waals surface area (Å²) in [6.07, 6.45) is 2.07. The zero-order valence-corrected chi connectivity index (χ0v) is 12.8. The fraction of sp³-hybridized carbons (Fsp3) is 0.222. The highest BCUT2D eigenvalue weighted by Gasteiger charge is 2.19. The van der Waals surface area contributed by atoms with Crippen LogP contribution < -0.4 is 16.0 Å². The van der Waals surface area contributed by atoms with Gasteiger partial charge in [0, 0.05) is 12.2 Å². The molecule has 0 unspecified atom stereocenters. The van der Waals surface area contributed by atoms with E-state index in [9.17, 15) is 9.59 Å². The lowest BCUT2D eigenvalue weighted by atomic mass is 10.0. The zero-order chi connectivity index (χ0) is 16.2. The zero-order valence-electron chi connectivity index (χ0n) is 12.8. The maximum absolute atomic E-state index is 12.4. The summed E-state index contributed by atoms with van der Waals surface area (Å²) in [6.45, 7) is 1.10. The summed E-state index contributed by atoms with van der Waals surface area (Å²) in [5, 5.41) is 2.79. The second-order valence-electron chi connectivity index (χ2n) is 5.61. The number of nitrogens with one attached hydrogen (secondary N) is 1. The van der Waals surface area contributed by atoms with Gasteiger partial charge in [0.25, 0.3) is 5.91 Å². The number of carbonyl (C=O) groups is 2. The van der Waals surface area contributed by atoms with Gasteiger partial charge in [-0.1, -0.05) is 30.3 Å². The number of anilines is 2. The van der Waals surface area contributed by atoms with Gasteiger partial charge < -0.3 is 16.0 Å². The number of aryl methyl sites for hydroxylation is 1. The third-order valence-electron chi connectivity index (χ3n) is 4.01. The number of hydrogen-bond acceptors (Lipinski definition) is 3. The van der Waals surface area contributed by atoms with E-state index in [0.717, 1.165) is 25.1 Å². The highest BCUT2D eigenvalue weighted by molar-refractivity contribution is 6.03. The van der Waals surface area contributed by atoms with Crippen LogP contribution in [-0.4, -0.2) is 24.9 Å². The maximum atomic E-state index is 12.4. The highest BCUT2D eigenvalue weighted by Crippen LogP contribution is 2.26. The standard InChI is InChI=1S/C18H19N3O2/c19-18(23)14-8-2-3-9-15(14)20-17(22)12-21-11-5-7-13-6-1-4-10-16(13)21/h1-4,6,8-10H,5,7,11-12H2,(H2,19,23)(H,20,22). The minimum Gasteiger partial charge on any atom is -0.366 e. The Kier molecular flexibility index (Phi) is 4.28. The molecule has 0 aliphatic carbocycles. The lowest BCUT2D eigenvalue weighted by molar-refractivity contribution is -0.115. The molecule has 0 saturated carbocycles. The average Bonchev–Trinajstić information content (AvgIpc) is 2.55. The van der Waals surface area contributed by atoms with Crippen molar-refractivity contribution in [3.63, 3.8) is 0 Å². The van der Waals surface area contributed by atoms with Gasteiger partial charge >= 0.3 is 0 Å². The number of hydrogen-bond donors (Lipinski definition) is 2. The lowest BCUT2D eigenvalue weighted by Gasteiger charge is -2.30. The van der Waals surface area contributed by atoms with E-state index in [0.29, 0.717) is 11.3 Å². The van der Waals surface area contributed by atoms with E-state index >= 15 is 0 Å². The molecule has 2 aromatic rings. The van der Waals surface area contributed by atoms with Gasteiger partial charge in [-0.2, -0.15) is 0 Å². The summed E-state index contributed by atoms with van der Waals surface area (Å²) in [5.41, 5.74) is 8.49. The number of amides is 2. The highest BCUT2D eigenvalue weighted by atomic mass is 16.2. The molecule has 3 rings (SSSR count). The van der Waals surface area contributed by atoms with E-state index in [1.165, 1.54) is 5.56 Å². The van der Waals surface area contributed by atoms with Gasteiger partial charge in [0.1, 0.15) is 0 Å². The van der Waals surface area contributed by atoms with E-state index in [1.54, 1.807) is 24.3 Å². The largest absolute Gasteiger partial charge is 0.366 e. The number of carbonyl (C=O) groups excluding carboxylic acids is 2. The van der Waals surface area contributed by atoms with Crippen molar-refractivity contribution in [3.8, 4) is 0 Å². The van der Waals surface area contributed by atoms with Crippen LogP contribution in [0.3, 0.4) is 0 Å². The van der Waals surface area contributed by atoms with Gasteiger partial charge in [-0.3, -0.25) is 9.59 Å². The second-order valence-corrected chi connectivity index (χ2v) is 5.61. The van der Waals surface area contributed by atoms with Crippen molar-refractivity contribution in [1.82, 2.24) is 0 Å². The summed E-state index contributed by atoms with van der Waals surface area (Å²) in [7, 11) is 0. The lowest BCUT2D eigenvalue weighted by Crippen LogP contribution is -2.37. The van der Waals surface area contributed by atoms with Crippen LogP contribution in [0.15, 0.2) is 48.5 Å². The first-order chi connectivity index (χ1) is 11.1. The number of benzene rings is 2. The molecular weight excluding hydrogens is 290 g/mol. The topological polar surface area (TPSA) is 75.4 Å². The van der Waals surface area contributed by atoms with E-state index in [-0.39, 0.29) is 12.5 Å². The van der Waals surface area contributed by atoms with Crippen molar-refractivity contribution in [2.75, 3.05) is 23.3 Å². The monoisotopic (exact) mass is 309 g/mol. The van der Waals surface area contributed by atoms with Gasteiger partial charge in [-0.25, -0.2) is 0 Å². The number of rotatable bonds is 4. The summed E-state index contributed by atoms with van der Waals surface area (Å²) in [4.78, 5) is 25.8. The second kappa shape index (κ2) is 6.52. The van der Waals surface area contributed by atoms with Crippen molar-refractivity contribution in [2.45, 2.75) is 12.8 Å². The van der Waals surface area contributed by atoms with Crippen LogP contribution in [0.1, 0.15) is 22.3 Å². The first-order valence-corrected chi connectivity index (χ1v) is 7.66. The van der Waals surface area contributed by atoms with Crippen molar-refractivity contribution in [3.05, 3.63) is 59.7 Å². The minimum atomic E-state index is -0.552. The Hall–Kier alpha value is -2.82. The van der Waals surface area contributed by atoms with Crippen LogP contribution in [0.4, 0.5) is 11.4 Å². The van der Waals surface area contributed by atoms with Crippen molar-refractivity contribution in [2.24, 2.45) is 5.73 Å². The van der Waals surface area contributed by atoms with Crippen LogP contribution in [0.5, 0.6) is 0 Å². The van der Waals surface area contributed by atoms with E-state index < -0.39 is 5.91 Å². The van der Waals surface area contributed by atoms with Crippen molar-refractivity contribution in [1.29, 1.82) is 0 Å². The fourth-order valence-electron chi connectivity index (χ4n) is 2.95. The molecule has 23 heavy (non-hydrogen) atoms. The molecule has 0 spiro atoms. The normalized spacial score (nSPS) is 13.3. The smallest absolute Gasteiger partial charge is 0.250 e. The fourth-order valence-corrected chi connectivity index (χ4v) is 2.95. The Morgan fingerprint density at radius 2 is 1.83 bits per heavy atom. The molecule has 5 heteroatoms. The van der Waals surface area contributed by atoms with Crippen LogP contribution in [0.25, 0.3) is 0 Å². The van der Waals surface area contributed by atoms with Gasteiger partial charge in [0.05, 0.1) is 17.8 Å². The number of primary amides is 1. The van der Waals surface area contributed by atoms with Crippen LogP contribution in [-0.2, 0) is 11.2 Å². The van der Waals surface area contributed by atoms with Gasteiger partial charge in [-0.15, -0.1) is 0 Å². The molecule has 3 N–H and O–H groups in total. The quantitative estimate of drug-likeness (QED) is 0.909. The molecule has 118 valence electrons. The van der Waals surface area contributed by atoms with E-state index in [2.05, 4.69) is 16.3 Å². The molecular formula is C18H19N3O2. The maximum Gasteiger partial charge on any atom is 0.250 e. The van der Waals surface area contributed by atoms with Gasteiger partial charge in [0.2, 0.25) is 5.91 Å². The predicted molar refractivity (Wildman–Crippen MR) is 90.6 cm³/mol. The Balaban J connectivity index is 1.73. The summed E-state index contributed by atoms with van der Waals surface area (Å²) in [5.74, 6) is -0.709. The molecule has 0 saturated heterocycles. The molecule has 2 aromatic carbocycles. The summed E-state index contributed by atoms with van der Waals surface area (Å²) < 4.78 is 0. The number of fused-ring (bicyclic) bond motifs is 1. The first-order valence-electron chi connectivity index (χ1n) is 7.66. The van der Waals surface area contributed by atoms with Crippen molar-refractivity contribution < 1.29 is 9.59 Å². The molecule has 1 heterocycles. The predicted octanol–water partition coefficient (Wildman–Crippen LogP) is 2.18. The van der Waals surface area contributed by atoms with Crippen LogP contribution in [0, 0.1) is 0 Å². The third-order valence-corrected chi connectivity index (χ3v) is 4.01. The Morgan fingerprint density at radius 3 is 2.65 bits per heavy atom. The molecule has 0 atom stereocenters. The van der Waals surface area contributed by atoms with E-state index in [4.69, 9.17) is 5.73 Å². The number of nitrogens with zero attached hydrogens (tertiary/aromatic N) is 1. The Labute approximate surface area is 135 Å². The number of para-hydroxylation sites is 2. The molecule has 0 radical (unpaired) electrons. The third kappa shape index (κ3) is 3.34. The molecule has 2 amide bonds. The van der Waals surface area contributed by atoms with Crippen LogP contribution >= 0.6 is 0 Å². The van der Waals surface area contributed by atoms with Gasteiger partial charge in [0.15, 0.2) is 0 Å². The Morgan fingerprint density at radius 1 is 1.09 bits per heavy atom. The van der Waals surface area contributed by atoms with E-state index in [1.807, 2.05) is 18.2 Å². The first kappa shape index (κ1) is 15.1. The molecule has 0 aromatic heterocycles. The number of nitrogens with two attached hydrogens (primary N) is 1. The van der Waals surface area contributed by atoms with Crippen LogP contribution in [0.2, 0.25) is 0 Å². The molecule has 0 bridgehead atoms. The molecule has 0 fully saturated rings. The van der Waals surface area contributed by atoms with Crippen molar-refractivity contribution >= 4 is 23.2 Å². The summed E-state index contributed by atoms with van der Waals surface area (Å²) >= 11 is 0.